The van der Waals surface area contributed by atoms with E-state index in [1.165, 1.54) is 32.6 Å². The van der Waals surface area contributed by atoms with Crippen LogP contribution in [0.4, 0.5) is 0 Å². The van der Waals surface area contributed by atoms with Gasteiger partial charge in [-0.25, -0.2) is 0 Å². The Hall–Kier alpha value is -2.25. The van der Waals surface area contributed by atoms with Crippen LogP contribution in [0.2, 0.25) is 0 Å². The number of hydrogen-bond donors (Lipinski definition) is 1. The van der Waals surface area contributed by atoms with Crippen LogP contribution in [0.3, 0.4) is 0 Å². The van der Waals surface area contributed by atoms with Gasteiger partial charge in [-0.1, -0.05) is 109 Å². The second-order valence-electron chi connectivity index (χ2n) is 7.14. The predicted octanol–water partition coefficient (Wildman–Crippen LogP) is 5.15. The molecule has 0 unspecified atom stereocenters. The Morgan fingerprint density at radius 1 is 0.500 bits per heavy atom. The molecule has 0 aliphatic rings. The minimum Gasteiger partial charge on any atom is -0.396 e. The first kappa shape index (κ1) is 22.4. The van der Waals surface area contributed by atoms with Gasteiger partial charge in [0.2, 0.25) is 0 Å². The van der Waals surface area contributed by atoms with E-state index in [0.717, 1.165) is 12.8 Å². The number of rotatable bonds is 7. The summed E-state index contributed by atoms with van der Waals surface area (Å²) >= 11 is 0. The summed E-state index contributed by atoms with van der Waals surface area (Å²) in [5.41, 5.74) is 3.80. The summed E-state index contributed by atoms with van der Waals surface area (Å²) in [7, 11) is -0.550. The van der Waals surface area contributed by atoms with E-state index >= 15 is 0 Å². The molecule has 3 heteroatoms. The molecule has 0 saturated heterocycles. The van der Waals surface area contributed by atoms with Crippen LogP contribution in [0.1, 0.15) is 16.7 Å². The van der Waals surface area contributed by atoms with Crippen LogP contribution in [0.15, 0.2) is 109 Å². The fourth-order valence-electron chi connectivity index (χ4n) is 3.55. The molecule has 152 valence electrons. The number of hydrogen-bond acceptors (Lipinski definition) is 1. The topological polar surface area (TPSA) is 20.2 Å². The average Bonchev–Trinajstić information content (AvgIpc) is 2.78. The minimum atomic E-state index is -0.550. The van der Waals surface area contributed by atoms with Crippen LogP contribution >= 0.6 is 24.9 Å². The first-order chi connectivity index (χ1) is 14.3. The molecule has 1 N–H and O–H groups in total. The summed E-state index contributed by atoms with van der Waals surface area (Å²) in [5.74, 6) is 0. The van der Waals surface area contributed by atoms with E-state index in [2.05, 4.69) is 109 Å². The second kappa shape index (κ2) is 11.2. The van der Waals surface area contributed by atoms with E-state index in [-0.39, 0.29) is 23.6 Å². The maximum absolute atomic E-state index is 9.06. The van der Waals surface area contributed by atoms with Gasteiger partial charge in [-0.2, -0.15) is 0 Å². The van der Waals surface area contributed by atoms with Crippen LogP contribution in [-0.4, -0.2) is 11.7 Å². The molecule has 0 aromatic heterocycles. The Labute approximate surface area is 191 Å². The van der Waals surface area contributed by atoms with E-state index in [1.54, 1.807) is 0 Å². The third-order valence-electron chi connectivity index (χ3n) is 5.06. The summed E-state index contributed by atoms with van der Waals surface area (Å²) in [4.78, 5) is 0. The number of benzene rings is 4. The molecule has 0 aliphatic heterocycles. The van der Waals surface area contributed by atoms with Crippen LogP contribution < -0.4 is 15.9 Å². The summed E-state index contributed by atoms with van der Waals surface area (Å²) in [6.45, 7) is 0.201. The van der Waals surface area contributed by atoms with Crippen molar-refractivity contribution < 1.29 is 5.11 Å². The van der Waals surface area contributed by atoms with Crippen molar-refractivity contribution >= 4 is 40.8 Å². The molecule has 30 heavy (non-hydrogen) atoms. The van der Waals surface area contributed by atoms with Crippen molar-refractivity contribution in [1.82, 2.24) is 0 Å². The van der Waals surface area contributed by atoms with Crippen molar-refractivity contribution in [3.63, 3.8) is 0 Å². The lowest BCUT2D eigenvalue weighted by Gasteiger charge is -2.19. The lowest BCUT2D eigenvalue weighted by Crippen LogP contribution is -2.20. The van der Waals surface area contributed by atoms with Gasteiger partial charge in [-0.3, -0.25) is 0 Å². The van der Waals surface area contributed by atoms with Crippen molar-refractivity contribution in [1.29, 1.82) is 0 Å². The van der Waals surface area contributed by atoms with Crippen molar-refractivity contribution in [3.05, 3.63) is 126 Å². The van der Waals surface area contributed by atoms with Crippen molar-refractivity contribution in [2.75, 3.05) is 6.61 Å². The highest BCUT2D eigenvalue weighted by Gasteiger charge is 2.15. The van der Waals surface area contributed by atoms with Gasteiger partial charge in [0.05, 0.1) is 0 Å². The quantitative estimate of drug-likeness (QED) is 0.365. The molecule has 0 saturated carbocycles. The summed E-state index contributed by atoms with van der Waals surface area (Å²) in [5, 5.41) is 13.2. The second-order valence-corrected chi connectivity index (χ2v) is 9.36. The molecule has 1 nitrogen and oxygen atoms in total. The van der Waals surface area contributed by atoms with Gasteiger partial charge in [0.15, 0.2) is 0 Å². The Kier molecular flexibility index (Phi) is 8.39. The Morgan fingerprint density at radius 3 is 1.37 bits per heavy atom. The van der Waals surface area contributed by atoms with Crippen LogP contribution in [0, 0.1) is 0 Å². The van der Waals surface area contributed by atoms with Crippen LogP contribution in [-0.2, 0) is 12.8 Å². The lowest BCUT2D eigenvalue weighted by atomic mass is 10.0. The minimum absolute atomic E-state index is 0. The number of aliphatic hydroxyl groups excluding tert-OH is 1. The molecule has 4 rings (SSSR count). The van der Waals surface area contributed by atoms with Gasteiger partial charge in [-0.05, 0) is 53.4 Å². The average molecular weight is 477 g/mol. The number of halogens is 1. The molecular weight excluding hydrogens is 451 g/mol. The zero-order valence-corrected chi connectivity index (χ0v) is 19.4. The monoisotopic (exact) mass is 476 g/mol. The van der Waals surface area contributed by atoms with E-state index < -0.39 is 7.92 Å². The summed E-state index contributed by atoms with van der Waals surface area (Å²) in [6, 6.07) is 39.3. The molecule has 4 aromatic carbocycles. The first-order valence-corrected chi connectivity index (χ1v) is 11.4. The molecule has 0 heterocycles. The van der Waals surface area contributed by atoms with E-state index in [9.17, 15) is 0 Å². The van der Waals surface area contributed by atoms with Gasteiger partial charge in [0, 0.05) is 6.61 Å². The highest BCUT2D eigenvalue weighted by atomic mass is 79.9. The molecule has 0 spiro atoms. The maximum Gasteiger partial charge on any atom is 0.0471 e. The van der Waals surface area contributed by atoms with Crippen molar-refractivity contribution in [2.45, 2.75) is 12.8 Å². The van der Waals surface area contributed by atoms with Gasteiger partial charge in [-0.15, -0.1) is 17.0 Å². The predicted molar refractivity (Wildman–Crippen MR) is 136 cm³/mol. The van der Waals surface area contributed by atoms with E-state index in [4.69, 9.17) is 5.11 Å². The molecule has 0 bridgehead atoms. The highest BCUT2D eigenvalue weighted by Crippen LogP contribution is 2.32. The van der Waals surface area contributed by atoms with E-state index in [0.29, 0.717) is 0 Å². The normalized spacial score (nSPS) is 10.6. The standard InChI is InChI=1S/C27H25OP.BrH/c28-20-19-22-11-13-23(14-12-22)21-24-15-17-27(18-16-24)29(25-7-3-1-4-8-25)26-9-5-2-6-10-26;/h1-18,28H,19-21H2;1H. The van der Waals surface area contributed by atoms with Gasteiger partial charge in [0.25, 0.3) is 0 Å². The van der Waals surface area contributed by atoms with Gasteiger partial charge >= 0.3 is 0 Å². The fourth-order valence-corrected chi connectivity index (χ4v) is 5.83. The number of aliphatic hydroxyl groups is 1. The molecular formula is C27H26BrOP. The SMILES string of the molecule is Br.OCCc1ccc(Cc2ccc(P(c3ccccc3)c3ccccc3)cc2)cc1. The maximum atomic E-state index is 9.06. The fraction of sp³-hybridized carbons (Fsp3) is 0.111. The third-order valence-corrected chi connectivity index (χ3v) is 7.50. The molecule has 0 atom stereocenters. The third kappa shape index (κ3) is 5.67. The molecule has 0 fully saturated rings. The lowest BCUT2D eigenvalue weighted by molar-refractivity contribution is 0.299. The van der Waals surface area contributed by atoms with Gasteiger partial charge in [0.1, 0.15) is 0 Å². The molecule has 0 radical (unpaired) electrons. The Morgan fingerprint density at radius 2 is 0.900 bits per heavy atom. The van der Waals surface area contributed by atoms with Crippen LogP contribution in [0.5, 0.6) is 0 Å². The van der Waals surface area contributed by atoms with Crippen molar-refractivity contribution in [2.24, 2.45) is 0 Å². The van der Waals surface area contributed by atoms with Gasteiger partial charge < -0.3 is 5.11 Å². The highest BCUT2D eigenvalue weighted by molar-refractivity contribution is 8.93. The van der Waals surface area contributed by atoms with Crippen LogP contribution in [0.25, 0.3) is 0 Å². The molecule has 0 amide bonds. The zero-order valence-electron chi connectivity index (χ0n) is 16.8. The smallest absolute Gasteiger partial charge is 0.0471 e. The Balaban J connectivity index is 0.00000256. The first-order valence-electron chi connectivity index (χ1n) is 10.0. The Bertz CT molecular complexity index is 976. The molecule has 0 aliphatic carbocycles. The summed E-state index contributed by atoms with van der Waals surface area (Å²) in [6.07, 6.45) is 1.64. The zero-order chi connectivity index (χ0) is 19.9. The largest absolute Gasteiger partial charge is 0.396 e. The summed E-state index contributed by atoms with van der Waals surface area (Å²) < 4.78 is 0. The van der Waals surface area contributed by atoms with Crippen molar-refractivity contribution in [3.8, 4) is 0 Å². The molecule has 4 aromatic rings. The van der Waals surface area contributed by atoms with E-state index in [1.807, 2.05) is 0 Å².